The molecule has 0 aromatic carbocycles. The van der Waals surface area contributed by atoms with E-state index in [1.165, 1.54) is 0 Å². The lowest BCUT2D eigenvalue weighted by Gasteiger charge is -2.32. The van der Waals surface area contributed by atoms with Crippen LogP contribution in [-0.2, 0) is 4.74 Å². The SMILES string of the molecule is COCC(NC(C)C)C(C)(C)C. The van der Waals surface area contributed by atoms with Gasteiger partial charge in [0.05, 0.1) is 6.61 Å². The summed E-state index contributed by atoms with van der Waals surface area (Å²) in [6, 6.07) is 0.951. The highest BCUT2D eigenvalue weighted by molar-refractivity contribution is 4.81. The van der Waals surface area contributed by atoms with E-state index in [9.17, 15) is 0 Å². The summed E-state index contributed by atoms with van der Waals surface area (Å²) < 4.78 is 5.17. The van der Waals surface area contributed by atoms with Crippen molar-refractivity contribution in [2.45, 2.75) is 46.7 Å². The molecule has 12 heavy (non-hydrogen) atoms. The fourth-order valence-corrected chi connectivity index (χ4v) is 1.12. The van der Waals surface area contributed by atoms with Crippen molar-refractivity contribution < 1.29 is 4.74 Å². The normalized spacial score (nSPS) is 15.2. The molecule has 0 radical (unpaired) electrons. The molecule has 0 aromatic heterocycles. The zero-order valence-corrected chi connectivity index (χ0v) is 9.27. The number of hydrogen-bond donors (Lipinski definition) is 1. The van der Waals surface area contributed by atoms with Crippen LogP contribution in [0.3, 0.4) is 0 Å². The van der Waals surface area contributed by atoms with Gasteiger partial charge in [-0.1, -0.05) is 34.6 Å². The van der Waals surface area contributed by atoms with Crippen molar-refractivity contribution in [1.29, 1.82) is 0 Å². The molecule has 2 nitrogen and oxygen atoms in total. The Labute approximate surface area is 76.7 Å². The topological polar surface area (TPSA) is 21.3 Å². The fourth-order valence-electron chi connectivity index (χ4n) is 1.12. The van der Waals surface area contributed by atoms with Crippen molar-refractivity contribution in [2.75, 3.05) is 13.7 Å². The van der Waals surface area contributed by atoms with Gasteiger partial charge < -0.3 is 10.1 Å². The Bertz CT molecular complexity index is 115. The summed E-state index contributed by atoms with van der Waals surface area (Å²) in [5, 5.41) is 3.50. The van der Waals surface area contributed by atoms with Gasteiger partial charge in [0.25, 0.3) is 0 Å². The van der Waals surface area contributed by atoms with E-state index in [0.717, 1.165) is 6.61 Å². The van der Waals surface area contributed by atoms with Gasteiger partial charge in [0.2, 0.25) is 0 Å². The van der Waals surface area contributed by atoms with Crippen molar-refractivity contribution in [2.24, 2.45) is 5.41 Å². The Morgan fingerprint density at radius 2 is 1.75 bits per heavy atom. The smallest absolute Gasteiger partial charge is 0.0621 e. The van der Waals surface area contributed by atoms with Crippen molar-refractivity contribution in [3.05, 3.63) is 0 Å². The Morgan fingerprint density at radius 3 is 2.00 bits per heavy atom. The summed E-state index contributed by atoms with van der Waals surface area (Å²) in [6.07, 6.45) is 0. The highest BCUT2D eigenvalue weighted by Crippen LogP contribution is 2.19. The fraction of sp³-hybridized carbons (Fsp3) is 1.00. The first-order valence-electron chi connectivity index (χ1n) is 4.63. The van der Waals surface area contributed by atoms with Crippen LogP contribution in [0.4, 0.5) is 0 Å². The van der Waals surface area contributed by atoms with Gasteiger partial charge in [0, 0.05) is 19.2 Å². The summed E-state index contributed by atoms with van der Waals surface area (Å²) in [6.45, 7) is 11.8. The molecule has 0 saturated heterocycles. The molecule has 0 saturated carbocycles. The van der Waals surface area contributed by atoms with Crippen LogP contribution in [-0.4, -0.2) is 25.8 Å². The van der Waals surface area contributed by atoms with Crippen LogP contribution in [0.1, 0.15) is 34.6 Å². The second-order valence-electron chi connectivity index (χ2n) is 4.70. The van der Waals surface area contributed by atoms with Crippen LogP contribution >= 0.6 is 0 Å². The highest BCUT2D eigenvalue weighted by atomic mass is 16.5. The maximum atomic E-state index is 5.17. The van der Waals surface area contributed by atoms with Crippen LogP contribution in [0, 0.1) is 5.41 Å². The zero-order valence-electron chi connectivity index (χ0n) is 9.27. The van der Waals surface area contributed by atoms with Crippen LogP contribution in [0.5, 0.6) is 0 Å². The van der Waals surface area contributed by atoms with Crippen molar-refractivity contribution >= 4 is 0 Å². The number of methoxy groups -OCH3 is 1. The number of nitrogens with one attached hydrogen (secondary N) is 1. The molecular weight excluding hydrogens is 150 g/mol. The predicted molar refractivity (Wildman–Crippen MR) is 53.4 cm³/mol. The number of ether oxygens (including phenoxy) is 1. The third-order valence-corrected chi connectivity index (χ3v) is 1.91. The predicted octanol–water partition coefficient (Wildman–Crippen LogP) is 2.05. The third kappa shape index (κ3) is 4.73. The van der Waals surface area contributed by atoms with E-state index in [2.05, 4.69) is 39.9 Å². The minimum atomic E-state index is 0.264. The van der Waals surface area contributed by atoms with Gasteiger partial charge in [0.1, 0.15) is 0 Å². The molecule has 1 unspecified atom stereocenters. The molecule has 0 amide bonds. The molecule has 0 fully saturated rings. The lowest BCUT2D eigenvalue weighted by atomic mass is 9.87. The van der Waals surface area contributed by atoms with E-state index in [-0.39, 0.29) is 5.41 Å². The van der Waals surface area contributed by atoms with Gasteiger partial charge in [-0.25, -0.2) is 0 Å². The quantitative estimate of drug-likeness (QED) is 0.702. The molecule has 74 valence electrons. The third-order valence-electron chi connectivity index (χ3n) is 1.91. The van der Waals surface area contributed by atoms with Gasteiger partial charge in [-0.3, -0.25) is 0 Å². The molecule has 1 N–H and O–H groups in total. The summed E-state index contributed by atoms with van der Waals surface area (Å²) in [5.41, 5.74) is 0.264. The van der Waals surface area contributed by atoms with Gasteiger partial charge in [-0.2, -0.15) is 0 Å². The average molecular weight is 173 g/mol. The minimum absolute atomic E-state index is 0.264. The van der Waals surface area contributed by atoms with E-state index < -0.39 is 0 Å². The Balaban J connectivity index is 4.04. The van der Waals surface area contributed by atoms with Crippen molar-refractivity contribution in [3.63, 3.8) is 0 Å². The van der Waals surface area contributed by atoms with Crippen LogP contribution in [0.15, 0.2) is 0 Å². The number of hydrogen-bond acceptors (Lipinski definition) is 2. The van der Waals surface area contributed by atoms with Crippen LogP contribution in [0.25, 0.3) is 0 Å². The van der Waals surface area contributed by atoms with Gasteiger partial charge in [-0.05, 0) is 5.41 Å². The van der Waals surface area contributed by atoms with Gasteiger partial charge in [0.15, 0.2) is 0 Å². The maximum absolute atomic E-state index is 5.17. The standard InChI is InChI=1S/C10H23NO/c1-8(2)11-9(7-12-6)10(3,4)5/h8-9,11H,7H2,1-6H3. The molecule has 0 aliphatic heterocycles. The molecule has 2 heteroatoms. The second-order valence-corrected chi connectivity index (χ2v) is 4.70. The van der Waals surface area contributed by atoms with Crippen molar-refractivity contribution in [1.82, 2.24) is 5.32 Å². The van der Waals surface area contributed by atoms with E-state index in [4.69, 9.17) is 4.74 Å². The van der Waals surface area contributed by atoms with Crippen LogP contribution in [0.2, 0.25) is 0 Å². The molecule has 0 aliphatic rings. The number of rotatable bonds is 4. The van der Waals surface area contributed by atoms with Crippen LogP contribution < -0.4 is 5.32 Å². The molecular formula is C10H23NO. The summed E-state index contributed by atoms with van der Waals surface area (Å²) in [7, 11) is 1.75. The molecule has 0 bridgehead atoms. The van der Waals surface area contributed by atoms with E-state index >= 15 is 0 Å². The minimum Gasteiger partial charge on any atom is -0.383 e. The van der Waals surface area contributed by atoms with Crippen molar-refractivity contribution in [3.8, 4) is 0 Å². The molecule has 0 aromatic rings. The van der Waals surface area contributed by atoms with E-state index in [0.29, 0.717) is 12.1 Å². The van der Waals surface area contributed by atoms with E-state index in [1.54, 1.807) is 7.11 Å². The first kappa shape index (κ1) is 11.9. The molecule has 0 aliphatic carbocycles. The summed E-state index contributed by atoms with van der Waals surface area (Å²) in [4.78, 5) is 0. The molecule has 0 rings (SSSR count). The zero-order chi connectivity index (χ0) is 9.78. The highest BCUT2D eigenvalue weighted by Gasteiger charge is 2.24. The monoisotopic (exact) mass is 173 g/mol. The largest absolute Gasteiger partial charge is 0.383 e. The summed E-state index contributed by atoms with van der Waals surface area (Å²) >= 11 is 0. The molecule has 0 spiro atoms. The van der Waals surface area contributed by atoms with Gasteiger partial charge >= 0.3 is 0 Å². The first-order chi connectivity index (χ1) is 5.38. The first-order valence-corrected chi connectivity index (χ1v) is 4.63. The van der Waals surface area contributed by atoms with Gasteiger partial charge in [-0.15, -0.1) is 0 Å². The lowest BCUT2D eigenvalue weighted by molar-refractivity contribution is 0.109. The Morgan fingerprint density at radius 1 is 1.25 bits per heavy atom. The van der Waals surface area contributed by atoms with E-state index in [1.807, 2.05) is 0 Å². The Hall–Kier alpha value is -0.0800. The lowest BCUT2D eigenvalue weighted by Crippen LogP contribution is -2.46. The average Bonchev–Trinajstić information content (AvgIpc) is 1.83. The Kier molecular flexibility index (Phi) is 4.80. The maximum Gasteiger partial charge on any atom is 0.0621 e. The second kappa shape index (κ2) is 4.83. The molecule has 1 atom stereocenters. The molecule has 0 heterocycles. The summed E-state index contributed by atoms with van der Waals surface area (Å²) in [5.74, 6) is 0.